The van der Waals surface area contributed by atoms with E-state index in [4.69, 9.17) is 10.5 Å². The Bertz CT molecular complexity index is 659. The molecule has 1 amide bonds. The van der Waals surface area contributed by atoms with Crippen LogP contribution in [-0.4, -0.2) is 23.0 Å². The molecule has 3 N–H and O–H groups in total. The molecule has 0 aromatic heterocycles. The smallest absolute Gasteiger partial charge is 0.237 e. The minimum absolute atomic E-state index is 0.160. The van der Waals surface area contributed by atoms with Gasteiger partial charge in [0.15, 0.2) is 0 Å². The molecule has 5 nitrogen and oxygen atoms in total. The highest BCUT2D eigenvalue weighted by Gasteiger charge is 2.14. The molecule has 6 heteroatoms. The molecule has 0 fully saturated rings. The molecule has 1 unspecified atom stereocenters. The van der Waals surface area contributed by atoms with Crippen LogP contribution in [0.25, 0.3) is 0 Å². The molecule has 0 bridgehead atoms. The molecule has 0 aliphatic heterocycles. The summed E-state index contributed by atoms with van der Waals surface area (Å²) in [5.74, 6) is 0.0597. The van der Waals surface area contributed by atoms with E-state index < -0.39 is 10.8 Å². The topological polar surface area (TPSA) is 81.4 Å². The van der Waals surface area contributed by atoms with Crippen molar-refractivity contribution in [3.63, 3.8) is 0 Å². The number of nitrogen functional groups attached to an aromatic ring is 1. The normalized spacial score (nSPS) is 11.7. The van der Waals surface area contributed by atoms with Crippen LogP contribution >= 0.6 is 0 Å². The monoisotopic (exact) mass is 304 g/mol. The van der Waals surface area contributed by atoms with Crippen molar-refractivity contribution in [2.75, 3.05) is 23.9 Å². The second-order valence-corrected chi connectivity index (χ2v) is 5.73. The summed E-state index contributed by atoms with van der Waals surface area (Å²) >= 11 is 0. The van der Waals surface area contributed by atoms with Gasteiger partial charge in [-0.25, -0.2) is 0 Å². The molecule has 0 saturated heterocycles. The molecule has 0 aliphatic carbocycles. The van der Waals surface area contributed by atoms with Crippen LogP contribution in [0.3, 0.4) is 0 Å². The molecule has 0 heterocycles. The van der Waals surface area contributed by atoms with Gasteiger partial charge in [0.2, 0.25) is 5.91 Å². The highest BCUT2D eigenvalue weighted by Crippen LogP contribution is 2.23. The van der Waals surface area contributed by atoms with Gasteiger partial charge in [0, 0.05) is 11.4 Å². The molecular formula is C15H16N2O3S. The van der Waals surface area contributed by atoms with Gasteiger partial charge in [0.25, 0.3) is 0 Å². The van der Waals surface area contributed by atoms with Crippen LogP contribution in [0.15, 0.2) is 53.4 Å². The molecule has 0 radical (unpaired) electrons. The molecule has 2 aromatic carbocycles. The minimum Gasteiger partial charge on any atom is -0.497 e. The lowest BCUT2D eigenvalue weighted by atomic mass is 10.3. The first kappa shape index (κ1) is 15.1. The largest absolute Gasteiger partial charge is 0.497 e. The zero-order valence-corrected chi connectivity index (χ0v) is 12.4. The Labute approximate surface area is 125 Å². The standard InChI is InChI=1S/C15H16N2O3S/c1-20-12-7-8-13(16)14(9-12)21(19)10-15(18)17-11-5-3-2-4-6-11/h2-9H,10,16H2,1H3,(H,17,18). The van der Waals surface area contributed by atoms with Crippen molar-refractivity contribution >= 4 is 28.1 Å². The number of anilines is 2. The van der Waals surface area contributed by atoms with Crippen molar-refractivity contribution in [3.05, 3.63) is 48.5 Å². The second-order valence-electron chi connectivity index (χ2n) is 4.31. The van der Waals surface area contributed by atoms with Crippen molar-refractivity contribution in [1.82, 2.24) is 0 Å². The van der Waals surface area contributed by atoms with E-state index >= 15 is 0 Å². The number of nitrogens with one attached hydrogen (secondary N) is 1. The van der Waals surface area contributed by atoms with Crippen molar-refractivity contribution < 1.29 is 13.7 Å². The molecule has 0 saturated carbocycles. The first-order valence-corrected chi connectivity index (χ1v) is 7.59. The van der Waals surface area contributed by atoms with Gasteiger partial charge >= 0.3 is 0 Å². The summed E-state index contributed by atoms with van der Waals surface area (Å²) in [7, 11) is -0.0134. The lowest BCUT2D eigenvalue weighted by Crippen LogP contribution is -2.20. The van der Waals surface area contributed by atoms with Crippen LogP contribution in [0, 0.1) is 0 Å². The number of hydrogen-bond acceptors (Lipinski definition) is 4. The predicted octanol–water partition coefficient (Wildman–Crippen LogP) is 2.02. The van der Waals surface area contributed by atoms with Crippen molar-refractivity contribution in [1.29, 1.82) is 0 Å². The average Bonchev–Trinajstić information content (AvgIpc) is 2.48. The van der Waals surface area contributed by atoms with Crippen LogP contribution in [0.4, 0.5) is 11.4 Å². The number of para-hydroxylation sites is 1. The number of nitrogens with two attached hydrogens (primary N) is 1. The van der Waals surface area contributed by atoms with Gasteiger partial charge in [-0.15, -0.1) is 0 Å². The molecule has 2 rings (SSSR count). The zero-order valence-electron chi connectivity index (χ0n) is 11.5. The van der Waals surface area contributed by atoms with Crippen molar-refractivity contribution in [2.24, 2.45) is 0 Å². The number of carbonyl (C=O) groups excluding carboxylic acids is 1. The molecule has 2 aromatic rings. The fourth-order valence-corrected chi connectivity index (χ4v) is 2.80. The zero-order chi connectivity index (χ0) is 15.2. The predicted molar refractivity (Wildman–Crippen MR) is 83.8 cm³/mol. The van der Waals surface area contributed by atoms with Crippen LogP contribution < -0.4 is 15.8 Å². The lowest BCUT2D eigenvalue weighted by Gasteiger charge is -2.08. The lowest BCUT2D eigenvalue weighted by molar-refractivity contribution is -0.113. The second kappa shape index (κ2) is 6.90. The van der Waals surface area contributed by atoms with Crippen LogP contribution in [0.5, 0.6) is 5.75 Å². The summed E-state index contributed by atoms with van der Waals surface area (Å²) in [6.07, 6.45) is 0. The highest BCUT2D eigenvalue weighted by atomic mass is 32.2. The summed E-state index contributed by atoms with van der Waals surface area (Å²) < 4.78 is 17.3. The van der Waals surface area contributed by atoms with Gasteiger partial charge in [-0.05, 0) is 30.3 Å². The minimum atomic E-state index is -1.53. The maximum Gasteiger partial charge on any atom is 0.237 e. The third kappa shape index (κ3) is 4.06. The summed E-state index contributed by atoms with van der Waals surface area (Å²) in [5.41, 5.74) is 6.83. The van der Waals surface area contributed by atoms with Gasteiger partial charge in [0.05, 0.1) is 22.8 Å². The summed E-state index contributed by atoms with van der Waals surface area (Å²) in [4.78, 5) is 12.3. The maximum atomic E-state index is 12.2. The van der Waals surface area contributed by atoms with Crippen LogP contribution in [0.2, 0.25) is 0 Å². The third-order valence-electron chi connectivity index (χ3n) is 2.79. The SMILES string of the molecule is COc1ccc(N)c(S(=O)CC(=O)Nc2ccccc2)c1. The summed E-state index contributed by atoms with van der Waals surface area (Å²) in [6, 6.07) is 13.9. The molecule has 1 atom stereocenters. The number of rotatable bonds is 5. The van der Waals surface area contributed by atoms with Crippen molar-refractivity contribution in [3.8, 4) is 5.75 Å². The number of hydrogen-bond donors (Lipinski definition) is 2. The van der Waals surface area contributed by atoms with E-state index in [0.29, 0.717) is 22.0 Å². The third-order valence-corrected chi connectivity index (χ3v) is 4.15. The fraction of sp³-hybridized carbons (Fsp3) is 0.133. The van der Waals surface area contributed by atoms with Gasteiger partial charge in [-0.1, -0.05) is 18.2 Å². The van der Waals surface area contributed by atoms with E-state index in [2.05, 4.69) is 5.32 Å². The number of amides is 1. The number of carbonyl (C=O) groups is 1. The van der Waals surface area contributed by atoms with Gasteiger partial charge in [-0.2, -0.15) is 0 Å². The van der Waals surface area contributed by atoms with E-state index in [1.165, 1.54) is 7.11 Å². The maximum absolute atomic E-state index is 12.2. The van der Waals surface area contributed by atoms with Gasteiger partial charge in [-0.3, -0.25) is 9.00 Å². The van der Waals surface area contributed by atoms with Gasteiger partial charge in [0.1, 0.15) is 11.5 Å². The van der Waals surface area contributed by atoms with E-state index in [0.717, 1.165) is 0 Å². The molecule has 110 valence electrons. The van der Waals surface area contributed by atoms with Crippen molar-refractivity contribution in [2.45, 2.75) is 4.90 Å². The quantitative estimate of drug-likeness (QED) is 0.828. The van der Waals surface area contributed by atoms with E-state index in [-0.39, 0.29) is 11.7 Å². The molecule has 0 aliphatic rings. The summed E-state index contributed by atoms with van der Waals surface area (Å²) in [5, 5.41) is 2.69. The number of ether oxygens (including phenoxy) is 1. The Balaban J connectivity index is 2.06. The van der Waals surface area contributed by atoms with Crippen LogP contribution in [-0.2, 0) is 15.6 Å². The average molecular weight is 304 g/mol. The number of benzene rings is 2. The number of methoxy groups -OCH3 is 1. The van der Waals surface area contributed by atoms with E-state index in [1.807, 2.05) is 18.2 Å². The van der Waals surface area contributed by atoms with Gasteiger partial charge < -0.3 is 15.8 Å². The van der Waals surface area contributed by atoms with E-state index in [9.17, 15) is 9.00 Å². The fourth-order valence-electron chi connectivity index (χ4n) is 1.75. The van der Waals surface area contributed by atoms with Crippen LogP contribution in [0.1, 0.15) is 0 Å². The first-order valence-electron chi connectivity index (χ1n) is 6.27. The molecular weight excluding hydrogens is 288 g/mol. The Morgan fingerprint density at radius 1 is 1.24 bits per heavy atom. The molecule has 0 spiro atoms. The highest BCUT2D eigenvalue weighted by molar-refractivity contribution is 7.86. The first-order chi connectivity index (χ1) is 10.1. The Morgan fingerprint density at radius 3 is 2.62 bits per heavy atom. The molecule has 21 heavy (non-hydrogen) atoms. The van der Waals surface area contributed by atoms with E-state index in [1.54, 1.807) is 30.3 Å². The summed E-state index contributed by atoms with van der Waals surface area (Å²) in [6.45, 7) is 0. The Kier molecular flexibility index (Phi) is 4.94. The Hall–Kier alpha value is -2.34. The Morgan fingerprint density at radius 2 is 1.95 bits per heavy atom.